The number of hydrogen-bond acceptors (Lipinski definition) is 10. The largest absolute Gasteiger partial charge is 0.400 e. The molecule has 3 aromatic heterocycles. The third kappa shape index (κ3) is 7.50. The Kier molecular flexibility index (Phi) is 9.58. The number of ether oxygens (including phenoxy) is 1. The van der Waals surface area contributed by atoms with Crippen molar-refractivity contribution in [1.82, 2.24) is 29.3 Å². The lowest BCUT2D eigenvalue weighted by molar-refractivity contribution is -0.105. The van der Waals surface area contributed by atoms with Crippen LogP contribution in [-0.4, -0.2) is 116 Å². The standard InChI is InChI=1S/C35H41F3N8O3S/c1-24-18-29(50(2,48)23-35(36,37)38)21-39-31(24)30-19-25-20-40-34(42-32(25)46(33(30)47)13-10-43-14-16-49-17-15-43)41-26-5-7-27(8-6-26)45-12-11-44-9-3-4-28(44)22-45/h5-8,18-21,28H,2-4,9-17,22-23H2,1H3,(H,40,41,42). The zero-order valence-electron chi connectivity index (χ0n) is 28.0. The summed E-state index contributed by atoms with van der Waals surface area (Å²) in [6, 6.07) is 11.9. The number of morpholine rings is 1. The first kappa shape index (κ1) is 34.4. The summed E-state index contributed by atoms with van der Waals surface area (Å²) in [6.07, 6.45) is 0.634. The molecule has 0 radical (unpaired) electrons. The molecule has 6 heterocycles. The third-order valence-corrected chi connectivity index (χ3v) is 11.7. The Hall–Kier alpha value is -4.05. The Labute approximate surface area is 289 Å². The van der Waals surface area contributed by atoms with Crippen LogP contribution >= 0.6 is 0 Å². The molecule has 3 aliphatic rings. The van der Waals surface area contributed by atoms with Crippen molar-refractivity contribution >= 4 is 43.7 Å². The maximum atomic E-state index is 14.2. The number of halogens is 3. The number of alkyl halides is 3. The molecule has 1 aromatic carbocycles. The van der Waals surface area contributed by atoms with Crippen LogP contribution in [0.4, 0.5) is 30.5 Å². The van der Waals surface area contributed by atoms with Crippen LogP contribution in [0.25, 0.3) is 22.3 Å². The van der Waals surface area contributed by atoms with Crippen LogP contribution in [0, 0.1) is 6.92 Å². The van der Waals surface area contributed by atoms with Gasteiger partial charge in [-0.3, -0.25) is 28.4 Å². The summed E-state index contributed by atoms with van der Waals surface area (Å²) in [5.41, 5.74) is 3.02. The highest BCUT2D eigenvalue weighted by Gasteiger charge is 2.33. The number of benzene rings is 1. The third-order valence-electron chi connectivity index (χ3n) is 9.78. The smallest absolute Gasteiger partial charge is 0.379 e. The fourth-order valence-corrected chi connectivity index (χ4v) is 8.49. The second-order valence-electron chi connectivity index (χ2n) is 13.3. The van der Waals surface area contributed by atoms with Crippen molar-refractivity contribution in [3.05, 3.63) is 64.7 Å². The highest BCUT2D eigenvalue weighted by molar-refractivity contribution is 8.00. The summed E-state index contributed by atoms with van der Waals surface area (Å²) in [7, 11) is -3.67. The summed E-state index contributed by atoms with van der Waals surface area (Å²) >= 11 is 0. The highest BCUT2D eigenvalue weighted by Crippen LogP contribution is 2.29. The van der Waals surface area contributed by atoms with E-state index in [1.54, 1.807) is 23.8 Å². The monoisotopic (exact) mass is 710 g/mol. The number of aromatic nitrogens is 4. The number of anilines is 3. The van der Waals surface area contributed by atoms with Gasteiger partial charge in [0.05, 0.1) is 24.5 Å². The molecule has 11 nitrogen and oxygen atoms in total. The number of nitrogens with one attached hydrogen (secondary N) is 1. The molecular formula is C35H41F3N8O3S. The van der Waals surface area contributed by atoms with Crippen LogP contribution in [-0.2, 0) is 20.8 Å². The lowest BCUT2D eigenvalue weighted by Gasteiger charge is -2.38. The Bertz CT molecular complexity index is 2030. The lowest BCUT2D eigenvalue weighted by atomic mass is 10.1. The zero-order chi connectivity index (χ0) is 35.0. The Balaban J connectivity index is 1.18. The summed E-state index contributed by atoms with van der Waals surface area (Å²) in [6.45, 7) is 9.58. The Morgan fingerprint density at radius 3 is 2.54 bits per heavy atom. The molecule has 15 heteroatoms. The molecule has 0 amide bonds. The van der Waals surface area contributed by atoms with Gasteiger partial charge in [-0.25, -0.2) is 4.98 Å². The van der Waals surface area contributed by atoms with Gasteiger partial charge in [0.25, 0.3) is 5.56 Å². The van der Waals surface area contributed by atoms with Crippen molar-refractivity contribution in [1.29, 1.82) is 0 Å². The van der Waals surface area contributed by atoms with Gasteiger partial charge in [-0.15, -0.1) is 0 Å². The Morgan fingerprint density at radius 1 is 1.02 bits per heavy atom. The molecular weight excluding hydrogens is 669 g/mol. The number of aryl methyl sites for hydroxylation is 1. The summed E-state index contributed by atoms with van der Waals surface area (Å²) in [5.74, 6) is 2.13. The van der Waals surface area contributed by atoms with E-state index in [0.717, 1.165) is 44.6 Å². The predicted molar refractivity (Wildman–Crippen MR) is 190 cm³/mol. The molecule has 3 saturated heterocycles. The van der Waals surface area contributed by atoms with Crippen LogP contribution in [0.5, 0.6) is 0 Å². The Morgan fingerprint density at radius 2 is 1.80 bits per heavy atom. The van der Waals surface area contributed by atoms with Gasteiger partial charge in [0.2, 0.25) is 5.95 Å². The molecule has 4 aromatic rings. The maximum Gasteiger partial charge on any atom is 0.400 e. The first-order valence-electron chi connectivity index (χ1n) is 16.9. The number of pyridine rings is 2. The van der Waals surface area contributed by atoms with Crippen molar-refractivity contribution in [3.63, 3.8) is 0 Å². The van der Waals surface area contributed by atoms with E-state index in [9.17, 15) is 22.2 Å². The molecule has 7 rings (SSSR count). The number of rotatable bonds is 9. The van der Waals surface area contributed by atoms with Gasteiger partial charge in [0, 0.05) is 95.4 Å². The van der Waals surface area contributed by atoms with E-state index in [2.05, 4.69) is 48.0 Å². The van der Waals surface area contributed by atoms with Crippen LogP contribution in [0.1, 0.15) is 18.4 Å². The molecule has 266 valence electrons. The number of hydrogen-bond donors (Lipinski definition) is 1. The van der Waals surface area contributed by atoms with Crippen LogP contribution in [0.15, 0.2) is 58.5 Å². The molecule has 0 bridgehead atoms. The van der Waals surface area contributed by atoms with Crippen molar-refractivity contribution in [2.45, 2.75) is 43.4 Å². The van der Waals surface area contributed by atoms with Gasteiger partial charge in [0.15, 0.2) is 0 Å². The van der Waals surface area contributed by atoms with Gasteiger partial charge >= 0.3 is 6.18 Å². The second-order valence-corrected chi connectivity index (χ2v) is 15.7. The van der Waals surface area contributed by atoms with Gasteiger partial charge in [-0.2, -0.15) is 18.2 Å². The van der Waals surface area contributed by atoms with Gasteiger partial charge in [0.1, 0.15) is 11.4 Å². The van der Waals surface area contributed by atoms with E-state index in [1.807, 2.05) is 12.1 Å². The van der Waals surface area contributed by atoms with Crippen LogP contribution in [0.2, 0.25) is 0 Å². The summed E-state index contributed by atoms with van der Waals surface area (Å²) in [5, 5.41) is 3.88. The number of nitrogens with zero attached hydrogens (tertiary/aromatic N) is 7. The first-order chi connectivity index (χ1) is 23.9. The molecule has 3 aliphatic heterocycles. The van der Waals surface area contributed by atoms with Crippen molar-refractivity contribution in [2.24, 2.45) is 0 Å². The van der Waals surface area contributed by atoms with E-state index in [-0.39, 0.29) is 21.7 Å². The van der Waals surface area contributed by atoms with E-state index in [0.29, 0.717) is 54.9 Å². The average molecular weight is 711 g/mol. The van der Waals surface area contributed by atoms with Crippen molar-refractivity contribution in [2.75, 3.05) is 75.0 Å². The summed E-state index contributed by atoms with van der Waals surface area (Å²) in [4.78, 5) is 35.0. The normalized spacial score (nSPS) is 20.2. The minimum atomic E-state index is -4.65. The number of fused-ring (bicyclic) bond motifs is 2. The molecule has 1 N–H and O–H groups in total. The fourth-order valence-electron chi connectivity index (χ4n) is 7.15. The second kappa shape index (κ2) is 13.9. The maximum absolute atomic E-state index is 14.2. The van der Waals surface area contributed by atoms with E-state index >= 15 is 0 Å². The molecule has 2 atom stereocenters. The average Bonchev–Trinajstić information content (AvgIpc) is 3.56. The van der Waals surface area contributed by atoms with Gasteiger partial charge in [-0.1, -0.05) is 0 Å². The number of piperazine rings is 1. The van der Waals surface area contributed by atoms with E-state index < -0.39 is 21.5 Å². The van der Waals surface area contributed by atoms with Gasteiger partial charge < -0.3 is 15.0 Å². The van der Waals surface area contributed by atoms with Crippen LogP contribution < -0.4 is 15.8 Å². The highest BCUT2D eigenvalue weighted by atomic mass is 32.2. The molecule has 50 heavy (non-hydrogen) atoms. The first-order valence-corrected chi connectivity index (χ1v) is 18.8. The minimum absolute atomic E-state index is 0.118. The van der Waals surface area contributed by atoms with E-state index in [4.69, 9.17) is 9.72 Å². The fraction of sp³-hybridized carbons (Fsp3) is 0.457. The van der Waals surface area contributed by atoms with Crippen molar-refractivity contribution < 1.29 is 22.1 Å². The van der Waals surface area contributed by atoms with Crippen molar-refractivity contribution in [3.8, 4) is 11.3 Å². The predicted octanol–water partition coefficient (Wildman–Crippen LogP) is 4.16. The molecule has 3 fully saturated rings. The summed E-state index contributed by atoms with van der Waals surface area (Å²) < 4.78 is 59.2. The van der Waals surface area contributed by atoms with E-state index in [1.165, 1.54) is 31.1 Å². The molecule has 2 unspecified atom stereocenters. The molecule has 0 spiro atoms. The van der Waals surface area contributed by atoms with Crippen LogP contribution in [0.3, 0.4) is 0 Å². The van der Waals surface area contributed by atoms with Gasteiger partial charge in [-0.05, 0) is 74.1 Å². The zero-order valence-corrected chi connectivity index (χ0v) is 28.8. The quantitative estimate of drug-likeness (QED) is 0.255. The molecule has 0 aliphatic carbocycles. The molecule has 0 saturated carbocycles. The lowest BCUT2D eigenvalue weighted by Crippen LogP contribution is -2.50. The topological polar surface area (TPSA) is 109 Å². The minimum Gasteiger partial charge on any atom is -0.379 e. The SMILES string of the molecule is C=S(=O)(CC(F)(F)F)c1cnc(-c2cc3cnc(Nc4ccc(N5CCN6CCCC6C5)cc4)nc3n(CCN3CCOCC3)c2=O)c(C)c1.